The Bertz CT molecular complexity index is 1110. The van der Waals surface area contributed by atoms with Crippen LogP contribution in [0.2, 0.25) is 0 Å². The molecule has 0 saturated carbocycles. The van der Waals surface area contributed by atoms with Gasteiger partial charge >= 0.3 is 0 Å². The minimum atomic E-state index is -0.716. The smallest absolute Gasteiger partial charge is 0.231 e. The highest BCUT2D eigenvalue weighted by atomic mass is 19.1. The van der Waals surface area contributed by atoms with E-state index in [1.807, 2.05) is 13.0 Å². The zero-order valence-electron chi connectivity index (χ0n) is 16.7. The number of ether oxygens (including phenoxy) is 1. The van der Waals surface area contributed by atoms with Crippen LogP contribution in [0, 0.1) is 17.6 Å². The standard InChI is InChI=1S/C22H20F2N4O3/c1-2-31-19-6-4-3-5-18(19)28-12-14(9-21(28)29)22(30)25-20-11-17(26-27-20)13-7-15(23)10-16(24)8-13/h3-8,10-11,14H,2,9,12H2,1H3,(H2,25,26,27,30). The molecule has 1 unspecified atom stereocenters. The molecule has 1 fully saturated rings. The molecule has 1 aliphatic rings. The molecule has 1 aliphatic heterocycles. The Morgan fingerprint density at radius 1 is 1.23 bits per heavy atom. The third-order valence-corrected chi connectivity index (χ3v) is 4.95. The van der Waals surface area contributed by atoms with Crippen LogP contribution in [0.1, 0.15) is 13.3 Å². The lowest BCUT2D eigenvalue weighted by atomic mass is 10.1. The highest BCUT2D eigenvalue weighted by Crippen LogP contribution is 2.33. The summed E-state index contributed by atoms with van der Waals surface area (Å²) in [7, 11) is 0. The SMILES string of the molecule is CCOc1ccccc1N1CC(C(=O)Nc2cc(-c3cc(F)cc(F)c3)[nH]n2)CC1=O. The Balaban J connectivity index is 1.46. The van der Waals surface area contributed by atoms with Gasteiger partial charge in [-0.15, -0.1) is 0 Å². The van der Waals surface area contributed by atoms with E-state index in [0.29, 0.717) is 23.7 Å². The molecule has 0 spiro atoms. The van der Waals surface area contributed by atoms with Crippen molar-refractivity contribution >= 4 is 23.3 Å². The number of amides is 2. The van der Waals surface area contributed by atoms with Crippen molar-refractivity contribution in [2.45, 2.75) is 13.3 Å². The van der Waals surface area contributed by atoms with Gasteiger partial charge in [0.15, 0.2) is 5.82 Å². The van der Waals surface area contributed by atoms with E-state index >= 15 is 0 Å². The molecule has 0 radical (unpaired) electrons. The number of aromatic nitrogens is 2. The fourth-order valence-corrected chi connectivity index (χ4v) is 3.55. The minimum absolute atomic E-state index is 0.0542. The number of carbonyl (C=O) groups excluding carboxylic acids is 2. The third-order valence-electron chi connectivity index (χ3n) is 4.95. The molecule has 2 aromatic carbocycles. The average molecular weight is 426 g/mol. The first-order chi connectivity index (χ1) is 14.9. The maximum Gasteiger partial charge on any atom is 0.231 e. The molecule has 1 aromatic heterocycles. The Hall–Kier alpha value is -3.75. The van der Waals surface area contributed by atoms with Crippen LogP contribution in [-0.2, 0) is 9.59 Å². The first kappa shape index (κ1) is 20.5. The van der Waals surface area contributed by atoms with Gasteiger partial charge in [0.25, 0.3) is 0 Å². The first-order valence-electron chi connectivity index (χ1n) is 9.79. The largest absolute Gasteiger partial charge is 0.492 e. The van der Waals surface area contributed by atoms with Gasteiger partial charge in [-0.05, 0) is 31.2 Å². The minimum Gasteiger partial charge on any atom is -0.492 e. The average Bonchev–Trinajstić information content (AvgIpc) is 3.35. The summed E-state index contributed by atoms with van der Waals surface area (Å²) in [4.78, 5) is 26.8. The molecule has 4 rings (SSSR count). The van der Waals surface area contributed by atoms with Crippen LogP contribution < -0.4 is 15.0 Å². The predicted molar refractivity (Wildman–Crippen MR) is 111 cm³/mol. The van der Waals surface area contributed by atoms with Gasteiger partial charge in [0.1, 0.15) is 17.4 Å². The Morgan fingerprint density at radius 3 is 2.71 bits per heavy atom. The highest BCUT2D eigenvalue weighted by Gasteiger charge is 2.36. The van der Waals surface area contributed by atoms with Gasteiger partial charge in [0, 0.05) is 30.7 Å². The molecule has 1 atom stereocenters. The number of carbonyl (C=O) groups is 2. The van der Waals surface area contributed by atoms with Crippen molar-refractivity contribution < 1.29 is 23.1 Å². The van der Waals surface area contributed by atoms with Gasteiger partial charge < -0.3 is 15.0 Å². The van der Waals surface area contributed by atoms with Gasteiger partial charge in [0.2, 0.25) is 11.8 Å². The van der Waals surface area contributed by atoms with Gasteiger partial charge in [-0.1, -0.05) is 12.1 Å². The van der Waals surface area contributed by atoms with Crippen molar-refractivity contribution in [3.8, 4) is 17.0 Å². The summed E-state index contributed by atoms with van der Waals surface area (Å²) in [6.07, 6.45) is 0.0542. The quantitative estimate of drug-likeness (QED) is 0.629. The van der Waals surface area contributed by atoms with Gasteiger partial charge in [-0.2, -0.15) is 5.10 Å². The van der Waals surface area contributed by atoms with E-state index < -0.39 is 17.6 Å². The number of hydrogen-bond acceptors (Lipinski definition) is 4. The number of rotatable bonds is 6. The van der Waals surface area contributed by atoms with Gasteiger partial charge in [-0.3, -0.25) is 14.7 Å². The second-order valence-corrected chi connectivity index (χ2v) is 7.12. The van der Waals surface area contributed by atoms with E-state index in [2.05, 4.69) is 15.5 Å². The molecule has 2 heterocycles. The van der Waals surface area contributed by atoms with E-state index in [1.54, 1.807) is 23.1 Å². The fraction of sp³-hybridized carbons (Fsp3) is 0.227. The van der Waals surface area contributed by atoms with Crippen molar-refractivity contribution in [2.24, 2.45) is 5.92 Å². The number of hydrogen-bond donors (Lipinski definition) is 2. The van der Waals surface area contributed by atoms with E-state index in [1.165, 1.54) is 6.07 Å². The van der Waals surface area contributed by atoms with Crippen molar-refractivity contribution in [3.05, 3.63) is 60.2 Å². The summed E-state index contributed by atoms with van der Waals surface area (Å²) >= 11 is 0. The van der Waals surface area contributed by atoms with Crippen molar-refractivity contribution in [1.29, 1.82) is 0 Å². The third kappa shape index (κ3) is 4.40. The zero-order chi connectivity index (χ0) is 22.0. The number of para-hydroxylation sites is 2. The number of benzene rings is 2. The molecule has 3 aromatic rings. The molecule has 2 amide bonds. The summed E-state index contributed by atoms with van der Waals surface area (Å²) in [5.74, 6) is -1.77. The predicted octanol–water partition coefficient (Wildman–Crippen LogP) is 3.75. The lowest BCUT2D eigenvalue weighted by Crippen LogP contribution is -2.28. The van der Waals surface area contributed by atoms with Crippen molar-refractivity contribution in [1.82, 2.24) is 10.2 Å². The molecular formula is C22H20F2N4O3. The van der Waals surface area contributed by atoms with Crippen molar-refractivity contribution in [2.75, 3.05) is 23.4 Å². The van der Waals surface area contributed by atoms with Crippen LogP contribution in [0.15, 0.2) is 48.5 Å². The van der Waals surface area contributed by atoms with Crippen molar-refractivity contribution in [3.63, 3.8) is 0 Å². The molecule has 1 saturated heterocycles. The van der Waals surface area contributed by atoms with E-state index in [0.717, 1.165) is 18.2 Å². The maximum atomic E-state index is 13.4. The molecule has 2 N–H and O–H groups in total. The number of nitrogens with zero attached hydrogens (tertiary/aromatic N) is 2. The molecular weight excluding hydrogens is 406 g/mol. The second kappa shape index (κ2) is 8.55. The monoisotopic (exact) mass is 426 g/mol. The number of halogens is 2. The summed E-state index contributed by atoms with van der Waals surface area (Å²) in [6, 6.07) is 11.7. The number of anilines is 2. The molecule has 0 aliphatic carbocycles. The zero-order valence-corrected chi connectivity index (χ0v) is 16.7. The normalized spacial score (nSPS) is 15.9. The van der Waals surface area contributed by atoms with Gasteiger partial charge in [-0.25, -0.2) is 8.78 Å². The molecule has 31 heavy (non-hydrogen) atoms. The molecule has 7 nitrogen and oxygen atoms in total. The fourth-order valence-electron chi connectivity index (χ4n) is 3.55. The van der Waals surface area contributed by atoms with Crippen LogP contribution in [0.25, 0.3) is 11.3 Å². The van der Waals surface area contributed by atoms with E-state index in [-0.39, 0.29) is 36.2 Å². The lowest BCUT2D eigenvalue weighted by Gasteiger charge is -2.20. The van der Waals surface area contributed by atoms with E-state index in [9.17, 15) is 18.4 Å². The summed E-state index contributed by atoms with van der Waals surface area (Å²) < 4.78 is 32.5. The molecule has 9 heteroatoms. The van der Waals surface area contributed by atoms with Crippen LogP contribution in [0.5, 0.6) is 5.75 Å². The summed E-state index contributed by atoms with van der Waals surface area (Å²) in [6.45, 7) is 2.52. The topological polar surface area (TPSA) is 87.3 Å². The van der Waals surface area contributed by atoms with Crippen LogP contribution in [0.4, 0.5) is 20.3 Å². The van der Waals surface area contributed by atoms with Crippen LogP contribution in [-0.4, -0.2) is 35.2 Å². The number of aromatic amines is 1. The Kier molecular flexibility index (Phi) is 5.66. The molecule has 0 bridgehead atoms. The summed E-state index contributed by atoms with van der Waals surface area (Å²) in [5.41, 5.74) is 1.24. The van der Waals surface area contributed by atoms with E-state index in [4.69, 9.17) is 4.74 Å². The second-order valence-electron chi connectivity index (χ2n) is 7.12. The summed E-state index contributed by atoms with van der Waals surface area (Å²) in [5, 5.41) is 9.28. The molecule has 160 valence electrons. The highest BCUT2D eigenvalue weighted by molar-refractivity contribution is 6.04. The lowest BCUT2D eigenvalue weighted by molar-refractivity contribution is -0.122. The van der Waals surface area contributed by atoms with Crippen LogP contribution >= 0.6 is 0 Å². The Labute approximate surface area is 177 Å². The maximum absolute atomic E-state index is 13.4. The van der Waals surface area contributed by atoms with Gasteiger partial charge in [0.05, 0.1) is 23.9 Å². The number of H-pyrrole nitrogens is 1. The Morgan fingerprint density at radius 2 is 1.97 bits per heavy atom. The number of nitrogens with one attached hydrogen (secondary N) is 2. The van der Waals surface area contributed by atoms with Crippen LogP contribution in [0.3, 0.4) is 0 Å². The first-order valence-corrected chi connectivity index (χ1v) is 9.79.